The van der Waals surface area contributed by atoms with E-state index < -0.39 is 20.6 Å². The third-order valence-corrected chi connectivity index (χ3v) is 5.82. The van der Waals surface area contributed by atoms with E-state index in [2.05, 4.69) is 10.5 Å². The minimum Gasteiger partial charge on any atom is -0.272 e. The first-order valence-corrected chi connectivity index (χ1v) is 9.56. The lowest BCUT2D eigenvalue weighted by molar-refractivity contribution is -0.384. The number of hydrazone groups is 1. The van der Waals surface area contributed by atoms with E-state index in [0.29, 0.717) is 5.56 Å². The zero-order chi connectivity index (χ0) is 20.0. The van der Waals surface area contributed by atoms with Crippen LogP contribution >= 0.6 is 0 Å². The predicted molar refractivity (Wildman–Crippen MR) is 101 cm³/mol. The van der Waals surface area contributed by atoms with Gasteiger partial charge in [0.05, 0.1) is 16.0 Å². The quantitative estimate of drug-likeness (QED) is 0.420. The fourth-order valence-corrected chi connectivity index (χ4v) is 3.83. The molecule has 0 aliphatic heterocycles. The van der Waals surface area contributed by atoms with Gasteiger partial charge in [0.1, 0.15) is 11.5 Å². The molecule has 0 fully saturated rings. The van der Waals surface area contributed by atoms with Gasteiger partial charge in [0, 0.05) is 19.2 Å². The zero-order valence-electron chi connectivity index (χ0n) is 14.8. The molecule has 27 heavy (non-hydrogen) atoms. The Morgan fingerprint density at radius 1 is 1.19 bits per heavy atom. The highest BCUT2D eigenvalue weighted by Crippen LogP contribution is 2.29. The minimum absolute atomic E-state index is 0.0388. The van der Waals surface area contributed by atoms with Crippen molar-refractivity contribution in [3.05, 3.63) is 64.0 Å². The number of anilines is 1. The predicted octanol–water partition coefficient (Wildman–Crippen LogP) is 3.21. The maximum absolute atomic E-state index is 12.9. The van der Waals surface area contributed by atoms with E-state index in [1.807, 2.05) is 0 Å². The largest absolute Gasteiger partial charge is 0.295 e. The highest BCUT2D eigenvalue weighted by Gasteiger charge is 2.25. The fourth-order valence-electron chi connectivity index (χ4n) is 2.36. The summed E-state index contributed by atoms with van der Waals surface area (Å²) in [5.74, 6) is -0.388. The van der Waals surface area contributed by atoms with Gasteiger partial charge >= 0.3 is 0 Å². The van der Waals surface area contributed by atoms with Crippen molar-refractivity contribution in [2.45, 2.75) is 18.7 Å². The number of nitro benzene ring substituents is 1. The van der Waals surface area contributed by atoms with E-state index in [0.717, 1.165) is 6.07 Å². The standard InChI is InChI=1S/C17H19FN4O4S/c1-3-21(4-2)27(25,26)15-9-10-16(17(11-15)22(23)24)20-19-12-13-5-7-14(18)8-6-13/h5-12,20H,3-4H2,1-2H3/b19-12-. The second kappa shape index (κ2) is 8.69. The number of nitrogens with zero attached hydrogens (tertiary/aromatic N) is 3. The van der Waals surface area contributed by atoms with Crippen LogP contribution < -0.4 is 5.43 Å². The van der Waals surface area contributed by atoms with Crippen LogP contribution in [0.25, 0.3) is 0 Å². The summed E-state index contributed by atoms with van der Waals surface area (Å²) in [6.07, 6.45) is 1.36. The lowest BCUT2D eigenvalue weighted by Crippen LogP contribution is -2.30. The van der Waals surface area contributed by atoms with Crippen molar-refractivity contribution in [1.82, 2.24) is 4.31 Å². The summed E-state index contributed by atoms with van der Waals surface area (Å²) in [6, 6.07) is 9.09. The Morgan fingerprint density at radius 3 is 2.37 bits per heavy atom. The SMILES string of the molecule is CCN(CC)S(=O)(=O)c1ccc(N/N=C\c2ccc(F)cc2)c([N+](=O)[O-])c1. The van der Waals surface area contributed by atoms with Crippen molar-refractivity contribution in [1.29, 1.82) is 0 Å². The van der Waals surface area contributed by atoms with Crippen molar-refractivity contribution in [2.75, 3.05) is 18.5 Å². The Bertz CT molecular complexity index is 942. The number of rotatable bonds is 8. The smallest absolute Gasteiger partial charge is 0.272 e. The monoisotopic (exact) mass is 394 g/mol. The summed E-state index contributed by atoms with van der Waals surface area (Å²) >= 11 is 0. The van der Waals surface area contributed by atoms with Crippen LogP contribution in [0.15, 0.2) is 52.5 Å². The molecule has 1 N–H and O–H groups in total. The molecule has 0 aromatic heterocycles. The van der Waals surface area contributed by atoms with E-state index in [9.17, 15) is 22.9 Å². The molecule has 0 saturated heterocycles. The normalized spacial score (nSPS) is 11.9. The summed E-state index contributed by atoms with van der Waals surface area (Å²) in [6.45, 7) is 3.90. The van der Waals surface area contributed by atoms with Crippen molar-refractivity contribution in [3.8, 4) is 0 Å². The zero-order valence-corrected chi connectivity index (χ0v) is 15.6. The van der Waals surface area contributed by atoms with Crippen LogP contribution in [0.3, 0.4) is 0 Å². The van der Waals surface area contributed by atoms with Gasteiger partial charge in [0.25, 0.3) is 5.69 Å². The minimum atomic E-state index is -3.81. The van der Waals surface area contributed by atoms with Gasteiger partial charge in [0.2, 0.25) is 10.0 Å². The second-order valence-corrected chi connectivity index (χ2v) is 7.38. The number of nitro groups is 1. The number of halogens is 1. The molecule has 0 aliphatic carbocycles. The molecule has 0 bridgehead atoms. The van der Waals surface area contributed by atoms with Crippen LogP contribution in [0, 0.1) is 15.9 Å². The average Bonchev–Trinajstić information content (AvgIpc) is 2.64. The van der Waals surface area contributed by atoms with E-state index in [-0.39, 0.29) is 29.5 Å². The molecule has 144 valence electrons. The second-order valence-electron chi connectivity index (χ2n) is 5.45. The van der Waals surface area contributed by atoms with E-state index >= 15 is 0 Å². The van der Waals surface area contributed by atoms with Crippen molar-refractivity contribution in [2.24, 2.45) is 5.10 Å². The van der Waals surface area contributed by atoms with E-state index in [1.165, 1.54) is 46.9 Å². The van der Waals surface area contributed by atoms with Crippen LogP contribution in [0.2, 0.25) is 0 Å². The third kappa shape index (κ3) is 4.86. The number of benzene rings is 2. The van der Waals surface area contributed by atoms with Crippen LogP contribution in [0.4, 0.5) is 15.8 Å². The van der Waals surface area contributed by atoms with Gasteiger partial charge < -0.3 is 0 Å². The molecule has 0 unspecified atom stereocenters. The van der Waals surface area contributed by atoms with Gasteiger partial charge in [-0.3, -0.25) is 15.5 Å². The van der Waals surface area contributed by atoms with Crippen LogP contribution in [-0.2, 0) is 10.0 Å². The summed E-state index contributed by atoms with van der Waals surface area (Å²) in [4.78, 5) is 10.5. The summed E-state index contributed by atoms with van der Waals surface area (Å²) in [5, 5.41) is 15.2. The van der Waals surface area contributed by atoms with E-state index in [1.54, 1.807) is 13.8 Å². The molecule has 10 heteroatoms. The lowest BCUT2D eigenvalue weighted by atomic mass is 10.2. The summed E-state index contributed by atoms with van der Waals surface area (Å²) in [7, 11) is -3.81. The first-order valence-electron chi connectivity index (χ1n) is 8.12. The first-order chi connectivity index (χ1) is 12.8. The molecule has 0 aliphatic rings. The molecule has 0 heterocycles. The molecule has 0 atom stereocenters. The number of hydrogen-bond acceptors (Lipinski definition) is 6. The topological polar surface area (TPSA) is 105 Å². The number of sulfonamides is 1. The van der Waals surface area contributed by atoms with Crippen molar-refractivity contribution in [3.63, 3.8) is 0 Å². The molecule has 2 aromatic carbocycles. The van der Waals surface area contributed by atoms with Gasteiger partial charge in [0.15, 0.2) is 0 Å². The molecule has 0 amide bonds. The summed E-state index contributed by atoms with van der Waals surface area (Å²) in [5.41, 5.74) is 2.73. The van der Waals surface area contributed by atoms with E-state index in [4.69, 9.17) is 0 Å². The Hall–Kier alpha value is -2.85. The Balaban J connectivity index is 2.30. The van der Waals surface area contributed by atoms with Crippen molar-refractivity contribution < 1.29 is 17.7 Å². The first kappa shape index (κ1) is 20.5. The molecule has 0 radical (unpaired) electrons. The summed E-state index contributed by atoms with van der Waals surface area (Å²) < 4.78 is 39.1. The Kier molecular flexibility index (Phi) is 6.59. The molecule has 0 spiro atoms. The van der Waals surface area contributed by atoms with Gasteiger partial charge in [-0.15, -0.1) is 0 Å². The lowest BCUT2D eigenvalue weighted by Gasteiger charge is -2.18. The maximum atomic E-state index is 12.9. The molecular weight excluding hydrogens is 375 g/mol. The fraction of sp³-hybridized carbons (Fsp3) is 0.235. The molecular formula is C17H19FN4O4S. The Labute approximate surface area is 156 Å². The van der Waals surface area contributed by atoms with Crippen LogP contribution in [-0.4, -0.2) is 37.0 Å². The van der Waals surface area contributed by atoms with Crippen LogP contribution in [0.5, 0.6) is 0 Å². The van der Waals surface area contributed by atoms with Gasteiger partial charge in [-0.05, 0) is 29.8 Å². The van der Waals surface area contributed by atoms with Gasteiger partial charge in [-0.1, -0.05) is 26.0 Å². The number of hydrogen-bond donors (Lipinski definition) is 1. The van der Waals surface area contributed by atoms with Gasteiger partial charge in [-0.2, -0.15) is 9.41 Å². The Morgan fingerprint density at radius 2 is 1.81 bits per heavy atom. The molecule has 8 nitrogen and oxygen atoms in total. The molecule has 0 saturated carbocycles. The molecule has 2 rings (SSSR count). The van der Waals surface area contributed by atoms with Crippen LogP contribution in [0.1, 0.15) is 19.4 Å². The maximum Gasteiger partial charge on any atom is 0.295 e. The third-order valence-electron chi connectivity index (χ3n) is 3.78. The average molecular weight is 394 g/mol. The van der Waals surface area contributed by atoms with Crippen molar-refractivity contribution >= 4 is 27.6 Å². The van der Waals surface area contributed by atoms with Gasteiger partial charge in [-0.25, -0.2) is 12.8 Å². The highest BCUT2D eigenvalue weighted by atomic mass is 32.2. The molecule has 2 aromatic rings. The number of nitrogens with one attached hydrogen (secondary N) is 1. The highest BCUT2D eigenvalue weighted by molar-refractivity contribution is 7.89.